The summed E-state index contributed by atoms with van der Waals surface area (Å²) in [5.74, 6) is 0.0837. The van der Waals surface area contributed by atoms with Gasteiger partial charge in [-0.15, -0.1) is 0 Å². The number of hydrogen-bond acceptors (Lipinski definition) is 5. The van der Waals surface area contributed by atoms with E-state index in [2.05, 4.69) is 40.0 Å². The standard InChI is InChI=1S/C21H23BrN2O4/c1-14-10-24(11-15(2)28-14)19-6-4-18(5-7-19)23-21(26)13-27-20-8-3-17(22)9-16(20)12-25/h3-9,12,14-15H,10-11,13H2,1-2H3,(H,23,26). The Hall–Kier alpha value is -2.38. The number of hydrogen-bond donors (Lipinski definition) is 1. The fourth-order valence-electron chi connectivity index (χ4n) is 3.23. The average molecular weight is 447 g/mol. The molecule has 1 N–H and O–H groups in total. The van der Waals surface area contributed by atoms with Crippen molar-refractivity contribution in [1.82, 2.24) is 0 Å². The van der Waals surface area contributed by atoms with E-state index < -0.39 is 0 Å². The first-order chi connectivity index (χ1) is 13.4. The molecule has 0 saturated carbocycles. The van der Waals surface area contributed by atoms with E-state index in [0.717, 1.165) is 23.2 Å². The number of nitrogens with zero attached hydrogens (tertiary/aromatic N) is 1. The molecule has 6 nitrogen and oxygen atoms in total. The molecule has 0 bridgehead atoms. The Labute approximate surface area is 172 Å². The summed E-state index contributed by atoms with van der Waals surface area (Å²) in [6, 6.07) is 12.8. The molecular weight excluding hydrogens is 424 g/mol. The summed E-state index contributed by atoms with van der Waals surface area (Å²) in [6.45, 7) is 5.65. The molecule has 3 rings (SSSR count). The van der Waals surface area contributed by atoms with Crippen molar-refractivity contribution >= 4 is 39.5 Å². The van der Waals surface area contributed by atoms with Crippen LogP contribution in [0.25, 0.3) is 0 Å². The number of amides is 1. The number of carbonyl (C=O) groups excluding carboxylic acids is 2. The molecule has 148 valence electrons. The van der Waals surface area contributed by atoms with Gasteiger partial charge in [0, 0.05) is 28.9 Å². The summed E-state index contributed by atoms with van der Waals surface area (Å²) < 4.78 is 12.0. The number of benzene rings is 2. The second-order valence-electron chi connectivity index (χ2n) is 6.85. The van der Waals surface area contributed by atoms with Crippen molar-refractivity contribution in [2.45, 2.75) is 26.1 Å². The minimum Gasteiger partial charge on any atom is -0.483 e. The first kappa shape index (κ1) is 20.4. The van der Waals surface area contributed by atoms with Gasteiger partial charge in [0.25, 0.3) is 5.91 Å². The van der Waals surface area contributed by atoms with Gasteiger partial charge < -0.3 is 19.7 Å². The van der Waals surface area contributed by atoms with Crippen LogP contribution in [0.3, 0.4) is 0 Å². The van der Waals surface area contributed by atoms with Gasteiger partial charge in [0.15, 0.2) is 12.9 Å². The SMILES string of the molecule is CC1CN(c2ccc(NC(=O)COc3ccc(Br)cc3C=O)cc2)CC(C)O1. The molecule has 0 aliphatic carbocycles. The van der Waals surface area contributed by atoms with E-state index in [9.17, 15) is 9.59 Å². The maximum Gasteiger partial charge on any atom is 0.262 e. The van der Waals surface area contributed by atoms with E-state index in [-0.39, 0.29) is 24.7 Å². The summed E-state index contributed by atoms with van der Waals surface area (Å²) in [4.78, 5) is 25.5. The third kappa shape index (κ3) is 5.33. The van der Waals surface area contributed by atoms with Crippen LogP contribution in [0.1, 0.15) is 24.2 Å². The molecule has 0 radical (unpaired) electrons. The highest BCUT2D eigenvalue weighted by Gasteiger charge is 2.22. The van der Waals surface area contributed by atoms with E-state index in [0.29, 0.717) is 23.3 Å². The Balaban J connectivity index is 1.55. The largest absolute Gasteiger partial charge is 0.483 e. The zero-order valence-corrected chi connectivity index (χ0v) is 17.4. The van der Waals surface area contributed by atoms with Crippen LogP contribution in [0.4, 0.5) is 11.4 Å². The second-order valence-corrected chi connectivity index (χ2v) is 7.76. The maximum absolute atomic E-state index is 12.2. The van der Waals surface area contributed by atoms with E-state index in [4.69, 9.17) is 9.47 Å². The van der Waals surface area contributed by atoms with E-state index in [1.165, 1.54) is 0 Å². The van der Waals surface area contributed by atoms with Crippen LogP contribution in [0.2, 0.25) is 0 Å². The number of nitrogens with one attached hydrogen (secondary N) is 1. The molecule has 1 fully saturated rings. The van der Waals surface area contributed by atoms with E-state index in [1.54, 1.807) is 18.2 Å². The number of carbonyl (C=O) groups is 2. The molecule has 1 amide bonds. The molecule has 0 spiro atoms. The van der Waals surface area contributed by atoms with Crippen LogP contribution >= 0.6 is 15.9 Å². The zero-order chi connectivity index (χ0) is 20.1. The highest BCUT2D eigenvalue weighted by Crippen LogP contribution is 2.23. The molecule has 1 aliphatic rings. The van der Waals surface area contributed by atoms with Gasteiger partial charge >= 0.3 is 0 Å². The number of aldehydes is 1. The number of rotatable bonds is 6. The second kappa shape index (κ2) is 9.21. The lowest BCUT2D eigenvalue weighted by Crippen LogP contribution is -2.45. The molecular formula is C21H23BrN2O4. The molecule has 28 heavy (non-hydrogen) atoms. The molecule has 0 aromatic heterocycles. The van der Waals surface area contributed by atoms with Crippen LogP contribution in [-0.4, -0.2) is 44.1 Å². The van der Waals surface area contributed by atoms with Crippen molar-refractivity contribution in [2.75, 3.05) is 29.9 Å². The summed E-state index contributed by atoms with van der Waals surface area (Å²) in [5.41, 5.74) is 2.18. The molecule has 1 aliphatic heterocycles. The van der Waals surface area contributed by atoms with Gasteiger partial charge in [-0.3, -0.25) is 9.59 Å². The van der Waals surface area contributed by atoms with Crippen molar-refractivity contribution in [1.29, 1.82) is 0 Å². The van der Waals surface area contributed by atoms with Gasteiger partial charge in [-0.1, -0.05) is 15.9 Å². The number of ether oxygens (including phenoxy) is 2. The summed E-state index contributed by atoms with van der Waals surface area (Å²) in [6.07, 6.45) is 1.08. The van der Waals surface area contributed by atoms with Gasteiger partial charge in [0.2, 0.25) is 0 Å². The van der Waals surface area contributed by atoms with Crippen molar-refractivity contribution in [3.63, 3.8) is 0 Å². The van der Waals surface area contributed by atoms with E-state index in [1.807, 2.05) is 24.3 Å². The number of halogens is 1. The normalized spacial score (nSPS) is 19.2. The van der Waals surface area contributed by atoms with Gasteiger partial charge in [0.1, 0.15) is 5.75 Å². The lowest BCUT2D eigenvalue weighted by Gasteiger charge is -2.36. The maximum atomic E-state index is 12.2. The quantitative estimate of drug-likeness (QED) is 0.681. The lowest BCUT2D eigenvalue weighted by molar-refractivity contribution is -0.118. The number of anilines is 2. The van der Waals surface area contributed by atoms with Gasteiger partial charge in [-0.25, -0.2) is 0 Å². The topological polar surface area (TPSA) is 67.9 Å². The Morgan fingerprint density at radius 3 is 2.54 bits per heavy atom. The molecule has 2 unspecified atom stereocenters. The van der Waals surface area contributed by atoms with Crippen LogP contribution in [-0.2, 0) is 9.53 Å². The van der Waals surface area contributed by atoms with Crippen LogP contribution in [0, 0.1) is 0 Å². The van der Waals surface area contributed by atoms with Crippen LogP contribution in [0.5, 0.6) is 5.75 Å². The third-order valence-electron chi connectivity index (χ3n) is 4.39. The monoisotopic (exact) mass is 446 g/mol. The summed E-state index contributed by atoms with van der Waals surface area (Å²) in [7, 11) is 0. The first-order valence-electron chi connectivity index (χ1n) is 9.12. The highest BCUT2D eigenvalue weighted by molar-refractivity contribution is 9.10. The Kier molecular flexibility index (Phi) is 6.70. The summed E-state index contributed by atoms with van der Waals surface area (Å²) >= 11 is 3.30. The van der Waals surface area contributed by atoms with Gasteiger partial charge in [0.05, 0.1) is 17.8 Å². The molecule has 7 heteroatoms. The molecule has 2 aromatic carbocycles. The van der Waals surface area contributed by atoms with Crippen molar-refractivity contribution < 1.29 is 19.1 Å². The Bertz CT molecular complexity index is 831. The average Bonchev–Trinajstić information content (AvgIpc) is 2.66. The van der Waals surface area contributed by atoms with E-state index >= 15 is 0 Å². The summed E-state index contributed by atoms with van der Waals surface area (Å²) in [5, 5.41) is 2.80. The Morgan fingerprint density at radius 2 is 1.89 bits per heavy atom. The van der Waals surface area contributed by atoms with Crippen molar-refractivity contribution in [2.24, 2.45) is 0 Å². The zero-order valence-electron chi connectivity index (χ0n) is 15.9. The Morgan fingerprint density at radius 1 is 1.21 bits per heavy atom. The fraction of sp³-hybridized carbons (Fsp3) is 0.333. The first-order valence-corrected chi connectivity index (χ1v) is 9.91. The van der Waals surface area contributed by atoms with Gasteiger partial charge in [-0.2, -0.15) is 0 Å². The van der Waals surface area contributed by atoms with Crippen molar-refractivity contribution in [3.8, 4) is 5.75 Å². The minimum absolute atomic E-state index is 0.178. The smallest absolute Gasteiger partial charge is 0.262 e. The van der Waals surface area contributed by atoms with Crippen LogP contribution in [0.15, 0.2) is 46.9 Å². The lowest BCUT2D eigenvalue weighted by atomic mass is 10.2. The minimum atomic E-state index is -0.291. The van der Waals surface area contributed by atoms with Gasteiger partial charge in [-0.05, 0) is 56.3 Å². The molecule has 1 heterocycles. The van der Waals surface area contributed by atoms with Crippen molar-refractivity contribution in [3.05, 3.63) is 52.5 Å². The highest BCUT2D eigenvalue weighted by atomic mass is 79.9. The van der Waals surface area contributed by atoms with Crippen LogP contribution < -0.4 is 15.0 Å². The molecule has 2 aromatic rings. The predicted molar refractivity (Wildman–Crippen MR) is 112 cm³/mol. The third-order valence-corrected chi connectivity index (χ3v) is 4.89. The number of morpholine rings is 1. The molecule has 2 atom stereocenters. The fourth-order valence-corrected chi connectivity index (χ4v) is 3.61. The molecule has 1 saturated heterocycles. The predicted octanol–water partition coefficient (Wildman–Crippen LogP) is 3.89.